The van der Waals surface area contributed by atoms with Gasteiger partial charge in [-0.2, -0.15) is 0 Å². The van der Waals surface area contributed by atoms with Crippen LogP contribution >= 0.6 is 11.3 Å². The van der Waals surface area contributed by atoms with E-state index in [9.17, 15) is 9.18 Å². The van der Waals surface area contributed by atoms with Crippen LogP contribution in [0.3, 0.4) is 0 Å². The molecular weight excluding hydrogens is 453 g/mol. The van der Waals surface area contributed by atoms with Crippen molar-refractivity contribution in [1.29, 1.82) is 0 Å². The lowest BCUT2D eigenvalue weighted by molar-refractivity contribution is -0.156. The number of aromatic nitrogens is 1. The first kappa shape index (κ1) is 25.8. The van der Waals surface area contributed by atoms with Gasteiger partial charge < -0.3 is 14.2 Å². The molecule has 182 valence electrons. The Morgan fingerprint density at radius 2 is 1.82 bits per heavy atom. The Morgan fingerprint density at radius 3 is 2.44 bits per heavy atom. The largest absolute Gasteiger partial charge is 0.484 e. The summed E-state index contributed by atoms with van der Waals surface area (Å²) in [6, 6.07) is 13.1. The molecule has 0 bridgehead atoms. The minimum absolute atomic E-state index is 0.1000. The molecule has 1 atom stereocenters. The molecule has 0 saturated carbocycles. The van der Waals surface area contributed by atoms with E-state index in [1.165, 1.54) is 23.0 Å². The fourth-order valence-corrected chi connectivity index (χ4v) is 4.23. The average Bonchev–Trinajstić information content (AvgIpc) is 3.27. The summed E-state index contributed by atoms with van der Waals surface area (Å²) in [5, 5.41) is 2.82. The summed E-state index contributed by atoms with van der Waals surface area (Å²) in [6.45, 7) is 10.9. The van der Waals surface area contributed by atoms with E-state index in [4.69, 9.17) is 14.2 Å². The van der Waals surface area contributed by atoms with E-state index >= 15 is 0 Å². The van der Waals surface area contributed by atoms with Gasteiger partial charge in [0.1, 0.15) is 11.6 Å². The maximum absolute atomic E-state index is 14.6. The molecule has 1 aromatic heterocycles. The zero-order chi connectivity index (χ0) is 24.7. The number of thiazole rings is 1. The Hall–Kier alpha value is -2.77. The molecular formula is C27H32FNO4S. The van der Waals surface area contributed by atoms with Crippen LogP contribution in [0.25, 0.3) is 10.6 Å². The molecule has 7 heteroatoms. The number of rotatable bonds is 10. The van der Waals surface area contributed by atoms with Crippen LogP contribution in [0.4, 0.5) is 4.39 Å². The normalized spacial score (nSPS) is 12.4. The van der Waals surface area contributed by atoms with Crippen LogP contribution in [0.5, 0.6) is 5.75 Å². The number of ether oxygens (including phenoxy) is 3. The molecule has 2 aromatic carbocycles. The van der Waals surface area contributed by atoms with Gasteiger partial charge >= 0.3 is 5.97 Å². The van der Waals surface area contributed by atoms with Crippen LogP contribution in [-0.2, 0) is 32.7 Å². The molecule has 5 nitrogen and oxygen atoms in total. The zero-order valence-electron chi connectivity index (χ0n) is 20.4. The standard InChI is InChI=1S/C27H32FNO4S/c1-6-31-24(26(30)32-7-2)15-18-8-13-23(22(28)14-18)33-16-21-17-34-25(29-21)19-9-11-20(12-10-19)27(3,4)5/h8-14,17,24H,6-7,15-16H2,1-5H3. The Morgan fingerprint density at radius 1 is 1.09 bits per heavy atom. The minimum atomic E-state index is -0.762. The molecule has 0 radical (unpaired) electrons. The molecule has 3 aromatic rings. The van der Waals surface area contributed by atoms with Gasteiger partial charge in [-0.05, 0) is 42.5 Å². The summed E-state index contributed by atoms with van der Waals surface area (Å²) in [6.07, 6.45) is -0.533. The van der Waals surface area contributed by atoms with Crippen LogP contribution in [0.2, 0.25) is 0 Å². The van der Waals surface area contributed by atoms with Crippen molar-refractivity contribution < 1.29 is 23.4 Å². The minimum Gasteiger partial charge on any atom is -0.484 e. The molecule has 0 amide bonds. The average molecular weight is 486 g/mol. The van der Waals surface area contributed by atoms with Gasteiger partial charge in [0.25, 0.3) is 0 Å². The topological polar surface area (TPSA) is 57.7 Å². The first-order valence-corrected chi connectivity index (χ1v) is 12.3. The van der Waals surface area contributed by atoms with Gasteiger partial charge in [-0.25, -0.2) is 14.2 Å². The molecule has 0 saturated heterocycles. The van der Waals surface area contributed by atoms with E-state index in [2.05, 4.69) is 50.0 Å². The lowest BCUT2D eigenvalue weighted by atomic mass is 9.87. The maximum Gasteiger partial charge on any atom is 0.335 e. The number of halogens is 1. The summed E-state index contributed by atoms with van der Waals surface area (Å²) in [5.74, 6) is -0.806. The lowest BCUT2D eigenvalue weighted by Crippen LogP contribution is -2.29. The van der Waals surface area contributed by atoms with E-state index in [1.54, 1.807) is 26.0 Å². The zero-order valence-corrected chi connectivity index (χ0v) is 21.2. The second-order valence-corrected chi connectivity index (χ2v) is 9.78. The first-order valence-electron chi connectivity index (χ1n) is 11.5. The number of hydrogen-bond acceptors (Lipinski definition) is 6. The highest BCUT2D eigenvalue weighted by Crippen LogP contribution is 2.29. The predicted molar refractivity (Wildman–Crippen MR) is 133 cm³/mol. The van der Waals surface area contributed by atoms with Gasteiger partial charge in [-0.1, -0.05) is 51.1 Å². The SMILES string of the molecule is CCOC(=O)C(Cc1ccc(OCc2csc(-c3ccc(C(C)(C)C)cc3)n2)c(F)c1)OCC. The number of hydrogen-bond donors (Lipinski definition) is 0. The smallest absolute Gasteiger partial charge is 0.335 e. The molecule has 0 spiro atoms. The van der Waals surface area contributed by atoms with Gasteiger partial charge in [0.2, 0.25) is 0 Å². The summed E-state index contributed by atoms with van der Waals surface area (Å²) < 4.78 is 30.8. The van der Waals surface area contributed by atoms with Crippen molar-refractivity contribution in [3.8, 4) is 16.3 Å². The molecule has 1 heterocycles. The van der Waals surface area contributed by atoms with Crippen LogP contribution in [0, 0.1) is 5.82 Å². The van der Waals surface area contributed by atoms with Crippen molar-refractivity contribution >= 4 is 17.3 Å². The van der Waals surface area contributed by atoms with Crippen molar-refractivity contribution in [3.63, 3.8) is 0 Å². The Balaban J connectivity index is 1.62. The van der Waals surface area contributed by atoms with E-state index in [0.717, 1.165) is 16.3 Å². The van der Waals surface area contributed by atoms with Gasteiger partial charge in [0.05, 0.1) is 12.3 Å². The highest BCUT2D eigenvalue weighted by atomic mass is 32.1. The summed E-state index contributed by atoms with van der Waals surface area (Å²) in [7, 11) is 0. The van der Waals surface area contributed by atoms with Crippen LogP contribution in [0.1, 0.15) is 51.4 Å². The Labute approximate surface area is 204 Å². The van der Waals surface area contributed by atoms with Crippen molar-refractivity contribution in [2.75, 3.05) is 13.2 Å². The number of carbonyl (C=O) groups is 1. The molecule has 34 heavy (non-hydrogen) atoms. The van der Waals surface area contributed by atoms with Crippen molar-refractivity contribution in [2.24, 2.45) is 0 Å². The fraction of sp³-hybridized carbons (Fsp3) is 0.407. The second kappa shape index (κ2) is 11.6. The van der Waals surface area contributed by atoms with Gasteiger partial charge in [0.15, 0.2) is 17.7 Å². The molecule has 0 fully saturated rings. The van der Waals surface area contributed by atoms with Crippen LogP contribution < -0.4 is 4.74 Å². The molecule has 0 aliphatic rings. The molecule has 3 rings (SSSR count). The number of carbonyl (C=O) groups excluding carboxylic acids is 1. The van der Waals surface area contributed by atoms with Gasteiger partial charge in [0, 0.05) is 24.0 Å². The Bertz CT molecular complexity index is 1090. The van der Waals surface area contributed by atoms with E-state index in [0.29, 0.717) is 12.2 Å². The van der Waals surface area contributed by atoms with Gasteiger partial charge in [-0.15, -0.1) is 11.3 Å². The summed E-state index contributed by atoms with van der Waals surface area (Å²) in [5.41, 5.74) is 3.78. The quantitative estimate of drug-likeness (QED) is 0.314. The second-order valence-electron chi connectivity index (χ2n) is 8.92. The van der Waals surface area contributed by atoms with Gasteiger partial charge in [-0.3, -0.25) is 0 Å². The van der Waals surface area contributed by atoms with E-state index in [1.807, 2.05) is 5.38 Å². The fourth-order valence-electron chi connectivity index (χ4n) is 3.42. The molecule has 0 aliphatic heterocycles. The highest BCUT2D eigenvalue weighted by molar-refractivity contribution is 7.13. The Kier molecular flexibility index (Phi) is 8.80. The summed E-state index contributed by atoms with van der Waals surface area (Å²) >= 11 is 1.53. The first-order chi connectivity index (χ1) is 16.2. The highest BCUT2D eigenvalue weighted by Gasteiger charge is 2.21. The van der Waals surface area contributed by atoms with E-state index < -0.39 is 17.9 Å². The number of benzene rings is 2. The number of nitrogens with zero attached hydrogens (tertiary/aromatic N) is 1. The third-order valence-electron chi connectivity index (χ3n) is 5.26. The van der Waals surface area contributed by atoms with Crippen LogP contribution in [0.15, 0.2) is 47.8 Å². The van der Waals surface area contributed by atoms with E-state index in [-0.39, 0.29) is 30.8 Å². The third-order valence-corrected chi connectivity index (χ3v) is 6.20. The van der Waals surface area contributed by atoms with Crippen molar-refractivity contribution in [2.45, 2.75) is 59.2 Å². The third kappa shape index (κ3) is 6.87. The molecule has 0 aliphatic carbocycles. The summed E-state index contributed by atoms with van der Waals surface area (Å²) in [4.78, 5) is 16.7. The monoisotopic (exact) mass is 485 g/mol. The lowest BCUT2D eigenvalue weighted by Gasteiger charge is -2.18. The van der Waals surface area contributed by atoms with Crippen LogP contribution in [-0.4, -0.2) is 30.3 Å². The number of esters is 1. The molecule has 1 unspecified atom stereocenters. The van der Waals surface area contributed by atoms with Crippen molar-refractivity contribution in [3.05, 3.63) is 70.5 Å². The molecule has 0 N–H and O–H groups in total. The van der Waals surface area contributed by atoms with Crippen molar-refractivity contribution in [1.82, 2.24) is 4.98 Å². The predicted octanol–water partition coefficient (Wildman–Crippen LogP) is 6.34. The maximum atomic E-state index is 14.6.